The summed E-state index contributed by atoms with van der Waals surface area (Å²) in [6, 6.07) is 6.88. The van der Waals surface area contributed by atoms with Gasteiger partial charge in [0.15, 0.2) is 0 Å². The number of thioether (sulfide) groups is 1. The molecule has 34 heavy (non-hydrogen) atoms. The molecule has 3 unspecified atom stereocenters. The monoisotopic (exact) mass is 553 g/mol. The molecule has 3 aliphatic rings. The van der Waals surface area contributed by atoms with Gasteiger partial charge in [0.05, 0.1) is 29.8 Å². The number of alkyl halides is 1. The number of carbonyl (C=O) groups is 3. The second-order valence-electron chi connectivity index (χ2n) is 8.88. The Bertz CT molecular complexity index is 943. The van der Waals surface area contributed by atoms with Gasteiger partial charge in [-0.1, -0.05) is 15.9 Å². The molecule has 0 saturated carbocycles. The zero-order valence-corrected chi connectivity index (χ0v) is 22.1. The number of hydrogen-bond acceptors (Lipinski definition) is 7. The summed E-state index contributed by atoms with van der Waals surface area (Å²) in [4.78, 5) is 43.7. The molecule has 4 rings (SSSR count). The minimum absolute atomic E-state index is 0.00585. The highest BCUT2D eigenvalue weighted by molar-refractivity contribution is 9.09. The molecule has 3 heterocycles. The van der Waals surface area contributed by atoms with Crippen molar-refractivity contribution in [1.82, 2.24) is 4.90 Å². The van der Waals surface area contributed by atoms with Crippen LogP contribution in [0.15, 0.2) is 24.3 Å². The van der Waals surface area contributed by atoms with Crippen LogP contribution in [0.4, 0.5) is 11.4 Å². The van der Waals surface area contributed by atoms with Crippen LogP contribution in [0.3, 0.4) is 0 Å². The second kappa shape index (κ2) is 10.1. The van der Waals surface area contributed by atoms with Gasteiger partial charge in [0.25, 0.3) is 0 Å². The van der Waals surface area contributed by atoms with Crippen molar-refractivity contribution < 1.29 is 24.2 Å². The molecule has 8 nitrogen and oxygen atoms in total. The van der Waals surface area contributed by atoms with Crippen LogP contribution < -0.4 is 10.2 Å². The molecule has 0 aliphatic carbocycles. The first kappa shape index (κ1) is 25.3. The third kappa shape index (κ3) is 4.01. The van der Waals surface area contributed by atoms with E-state index in [4.69, 9.17) is 4.74 Å². The summed E-state index contributed by atoms with van der Waals surface area (Å²) < 4.78 is 4.58. The maximum absolute atomic E-state index is 13.7. The van der Waals surface area contributed by atoms with Crippen molar-refractivity contribution >= 4 is 56.9 Å². The van der Waals surface area contributed by atoms with Crippen LogP contribution in [0.25, 0.3) is 0 Å². The van der Waals surface area contributed by atoms with Crippen LogP contribution in [0.5, 0.6) is 0 Å². The highest BCUT2D eigenvalue weighted by Gasteiger charge is 2.75. The van der Waals surface area contributed by atoms with Crippen LogP contribution in [0, 0.1) is 11.8 Å². The second-order valence-corrected chi connectivity index (χ2v) is 11.6. The molecular weight excluding hydrogens is 522 g/mol. The molecule has 2 bridgehead atoms. The zero-order chi connectivity index (χ0) is 24.6. The van der Waals surface area contributed by atoms with Crippen LogP contribution >= 0.6 is 27.7 Å². The van der Waals surface area contributed by atoms with Crippen LogP contribution in [0.1, 0.15) is 27.2 Å². The molecule has 186 valence electrons. The maximum Gasteiger partial charge on any atom is 0.310 e. The van der Waals surface area contributed by atoms with Gasteiger partial charge in [-0.25, -0.2) is 0 Å². The van der Waals surface area contributed by atoms with Gasteiger partial charge in [-0.2, -0.15) is 0 Å². The summed E-state index contributed by atoms with van der Waals surface area (Å²) in [7, 11) is 0. The number of halogens is 1. The van der Waals surface area contributed by atoms with Crippen molar-refractivity contribution in [2.75, 3.05) is 43.1 Å². The standard InChI is InChI=1S/C24H32BrN3O5S/c1-4-27(5-2)15-9-7-14(8-10-15)26-21(30)20-24-13-16(25)19(34-24)17(23(32)33-6-3)18(24)22(31)28(20)11-12-29/h7-10,16-20,29H,4-6,11-13H2,1-3H3,(H,26,30)/t16?,17-,18-,19-,20?,24?/m0/s1. The number of esters is 1. The molecule has 0 aromatic heterocycles. The van der Waals surface area contributed by atoms with E-state index < -0.39 is 22.6 Å². The lowest BCUT2D eigenvalue weighted by Crippen LogP contribution is -2.52. The average molecular weight is 555 g/mol. The largest absolute Gasteiger partial charge is 0.466 e. The first-order valence-electron chi connectivity index (χ1n) is 11.9. The smallest absolute Gasteiger partial charge is 0.310 e. The number of amides is 2. The van der Waals surface area contributed by atoms with Crippen molar-refractivity contribution in [3.63, 3.8) is 0 Å². The quantitative estimate of drug-likeness (QED) is 0.358. The van der Waals surface area contributed by atoms with Gasteiger partial charge >= 0.3 is 5.97 Å². The number of aliphatic hydroxyl groups is 1. The summed E-state index contributed by atoms with van der Waals surface area (Å²) in [6.07, 6.45) is 0.593. The lowest BCUT2D eigenvalue weighted by Gasteiger charge is -2.35. The van der Waals surface area contributed by atoms with Gasteiger partial charge in [-0.3, -0.25) is 14.4 Å². The van der Waals surface area contributed by atoms with Gasteiger partial charge < -0.3 is 25.0 Å². The van der Waals surface area contributed by atoms with Gasteiger partial charge in [-0.05, 0) is 51.5 Å². The van der Waals surface area contributed by atoms with Crippen LogP contribution in [-0.2, 0) is 19.1 Å². The number of carbonyl (C=O) groups excluding carboxylic acids is 3. The third-order valence-electron chi connectivity index (χ3n) is 7.20. The molecule has 3 aliphatic heterocycles. The Morgan fingerprint density at radius 2 is 1.94 bits per heavy atom. The first-order chi connectivity index (χ1) is 16.3. The predicted molar refractivity (Wildman–Crippen MR) is 136 cm³/mol. The number of aliphatic hydroxyl groups excluding tert-OH is 1. The van der Waals surface area contributed by atoms with E-state index in [-0.39, 0.29) is 47.6 Å². The Hall–Kier alpha value is -1.78. The van der Waals surface area contributed by atoms with Gasteiger partial charge in [0.1, 0.15) is 6.04 Å². The van der Waals surface area contributed by atoms with Crippen LogP contribution in [-0.4, -0.2) is 81.5 Å². The normalized spacial score (nSPS) is 31.5. The Kier molecular flexibility index (Phi) is 7.50. The molecular formula is C24H32BrN3O5S. The third-order valence-corrected chi connectivity index (χ3v) is 10.4. The number of benzene rings is 1. The van der Waals surface area contributed by atoms with E-state index in [9.17, 15) is 19.5 Å². The minimum Gasteiger partial charge on any atom is -0.466 e. The molecule has 1 aromatic carbocycles. The predicted octanol–water partition coefficient (Wildman–Crippen LogP) is 2.49. The lowest BCUT2D eigenvalue weighted by atomic mass is 9.71. The van der Waals surface area contributed by atoms with Gasteiger partial charge in [0, 0.05) is 41.1 Å². The topological polar surface area (TPSA) is 99.2 Å². The van der Waals surface area contributed by atoms with Crippen molar-refractivity contribution in [3.05, 3.63) is 24.3 Å². The van der Waals surface area contributed by atoms with Crippen LogP contribution in [0.2, 0.25) is 0 Å². The fourth-order valence-electron chi connectivity index (χ4n) is 5.84. The Morgan fingerprint density at radius 3 is 2.53 bits per heavy atom. The van der Waals surface area contributed by atoms with E-state index in [0.29, 0.717) is 12.1 Å². The van der Waals surface area contributed by atoms with Crippen molar-refractivity contribution in [2.45, 2.75) is 48.1 Å². The Morgan fingerprint density at radius 1 is 1.26 bits per heavy atom. The molecule has 2 amide bonds. The number of hydrogen-bond donors (Lipinski definition) is 2. The number of rotatable bonds is 9. The molecule has 6 atom stereocenters. The summed E-state index contributed by atoms with van der Waals surface area (Å²) in [5.74, 6) is -2.18. The summed E-state index contributed by atoms with van der Waals surface area (Å²) in [6.45, 7) is 7.74. The highest BCUT2D eigenvalue weighted by atomic mass is 79.9. The number of nitrogens with one attached hydrogen (secondary N) is 1. The van der Waals surface area contributed by atoms with E-state index >= 15 is 0 Å². The molecule has 10 heteroatoms. The summed E-state index contributed by atoms with van der Waals surface area (Å²) >= 11 is 5.25. The van der Waals surface area contributed by atoms with E-state index in [2.05, 4.69) is 40.0 Å². The molecule has 2 N–H and O–H groups in total. The lowest BCUT2D eigenvalue weighted by molar-refractivity contribution is -0.153. The molecule has 1 spiro atoms. The van der Waals surface area contributed by atoms with Gasteiger partial charge in [0.2, 0.25) is 11.8 Å². The molecule has 3 saturated heterocycles. The summed E-state index contributed by atoms with van der Waals surface area (Å²) in [5, 5.41) is 12.5. The number of anilines is 2. The highest BCUT2D eigenvalue weighted by Crippen LogP contribution is 2.67. The minimum atomic E-state index is -0.783. The van der Waals surface area contributed by atoms with Crippen molar-refractivity contribution in [2.24, 2.45) is 11.8 Å². The fourth-order valence-corrected chi connectivity index (χ4v) is 9.44. The number of nitrogens with zero attached hydrogens (tertiary/aromatic N) is 2. The van der Waals surface area contributed by atoms with E-state index in [1.165, 1.54) is 4.90 Å². The average Bonchev–Trinajstić information content (AvgIpc) is 3.40. The van der Waals surface area contributed by atoms with E-state index in [1.807, 2.05) is 24.3 Å². The number of β-amino-alcohol motifs (C(OH)–C–C–N with tert-alkyl or cyclic N) is 1. The maximum atomic E-state index is 13.7. The van der Waals surface area contributed by atoms with Crippen molar-refractivity contribution in [1.29, 1.82) is 0 Å². The Labute approximate surface area is 212 Å². The van der Waals surface area contributed by atoms with E-state index in [1.54, 1.807) is 18.7 Å². The fraction of sp³-hybridized carbons (Fsp3) is 0.625. The molecule has 0 radical (unpaired) electrons. The van der Waals surface area contributed by atoms with E-state index in [0.717, 1.165) is 18.8 Å². The SMILES string of the molecule is CCOC(=O)[C@H]1[C@H]2C(=O)N(CCO)C(C(=O)Nc3ccc(N(CC)CC)cc3)C23CC(Br)[C@@H]1S3. The number of likely N-dealkylation sites (tertiary alicyclic amines) is 1. The van der Waals surface area contributed by atoms with Crippen molar-refractivity contribution in [3.8, 4) is 0 Å². The first-order valence-corrected chi connectivity index (χ1v) is 13.7. The summed E-state index contributed by atoms with van der Waals surface area (Å²) in [5.41, 5.74) is 1.72. The molecule has 3 fully saturated rings. The zero-order valence-electron chi connectivity index (χ0n) is 19.7. The number of fused-ring (bicyclic) bond motifs is 1. The number of ether oxygens (including phenoxy) is 1. The molecule has 1 aromatic rings. The Balaban J connectivity index is 1.63. The van der Waals surface area contributed by atoms with Gasteiger partial charge in [-0.15, -0.1) is 11.8 Å².